The van der Waals surface area contributed by atoms with Crippen molar-refractivity contribution >= 4 is 29.0 Å². The number of rotatable bonds is 3. The van der Waals surface area contributed by atoms with E-state index in [1.807, 2.05) is 24.3 Å². The molecule has 5 heteroatoms. The molecule has 0 radical (unpaired) electrons. The number of fused-ring (bicyclic) bond motifs is 3. The third-order valence-corrected chi connectivity index (χ3v) is 5.19. The van der Waals surface area contributed by atoms with E-state index in [-0.39, 0.29) is 17.6 Å². The van der Waals surface area contributed by atoms with E-state index in [2.05, 4.69) is 5.32 Å². The Morgan fingerprint density at radius 3 is 2.64 bits per heavy atom. The molecule has 1 aliphatic heterocycles. The van der Waals surface area contributed by atoms with Gasteiger partial charge < -0.3 is 15.2 Å². The maximum atomic E-state index is 13.0. The molecular formula is C20H15ClNO3-. The van der Waals surface area contributed by atoms with Crippen LogP contribution in [0, 0.1) is 5.92 Å². The Balaban J connectivity index is 1.87. The van der Waals surface area contributed by atoms with E-state index in [4.69, 9.17) is 11.6 Å². The average molecular weight is 353 g/mol. The zero-order valence-electron chi connectivity index (χ0n) is 13.2. The van der Waals surface area contributed by atoms with Gasteiger partial charge in [0.25, 0.3) is 0 Å². The summed E-state index contributed by atoms with van der Waals surface area (Å²) in [5.74, 6) is -1.56. The van der Waals surface area contributed by atoms with Crippen molar-refractivity contribution in [3.05, 3.63) is 76.3 Å². The molecule has 4 nitrogen and oxygen atoms in total. The highest BCUT2D eigenvalue weighted by molar-refractivity contribution is 6.31. The van der Waals surface area contributed by atoms with Crippen molar-refractivity contribution in [3.63, 3.8) is 0 Å². The molecule has 1 N–H and O–H groups in total. The van der Waals surface area contributed by atoms with Crippen molar-refractivity contribution in [1.82, 2.24) is 0 Å². The molecule has 2 aromatic carbocycles. The van der Waals surface area contributed by atoms with Crippen molar-refractivity contribution in [2.24, 2.45) is 5.92 Å². The lowest BCUT2D eigenvalue weighted by Gasteiger charge is -2.38. The second kappa shape index (κ2) is 6.05. The Morgan fingerprint density at radius 2 is 1.92 bits per heavy atom. The van der Waals surface area contributed by atoms with Crippen molar-refractivity contribution in [1.29, 1.82) is 0 Å². The van der Waals surface area contributed by atoms with Crippen LogP contribution in [-0.4, -0.2) is 17.8 Å². The normalized spacial score (nSPS) is 23.5. The van der Waals surface area contributed by atoms with E-state index in [1.54, 1.807) is 30.3 Å². The second-order valence-electron chi connectivity index (χ2n) is 6.41. The second-order valence-corrected chi connectivity index (χ2v) is 6.84. The molecule has 0 amide bonds. The molecule has 25 heavy (non-hydrogen) atoms. The van der Waals surface area contributed by atoms with Crippen LogP contribution < -0.4 is 10.4 Å². The molecule has 0 fully saturated rings. The topological polar surface area (TPSA) is 69.2 Å². The molecule has 1 aliphatic carbocycles. The summed E-state index contributed by atoms with van der Waals surface area (Å²) in [5, 5.41) is 15.1. The van der Waals surface area contributed by atoms with Crippen LogP contribution in [0.5, 0.6) is 0 Å². The molecule has 2 aliphatic rings. The third kappa shape index (κ3) is 2.63. The summed E-state index contributed by atoms with van der Waals surface area (Å²) in [4.78, 5) is 24.6. The van der Waals surface area contributed by atoms with Crippen LogP contribution in [0.15, 0.2) is 54.6 Å². The van der Waals surface area contributed by atoms with Gasteiger partial charge in [0, 0.05) is 27.8 Å². The zero-order valence-corrected chi connectivity index (χ0v) is 14.0. The summed E-state index contributed by atoms with van der Waals surface area (Å²) in [7, 11) is 0. The van der Waals surface area contributed by atoms with E-state index in [0.717, 1.165) is 5.56 Å². The van der Waals surface area contributed by atoms with Gasteiger partial charge in [0.05, 0.1) is 12.0 Å². The number of benzene rings is 2. The quantitative estimate of drug-likeness (QED) is 0.681. The van der Waals surface area contributed by atoms with E-state index in [9.17, 15) is 14.7 Å². The van der Waals surface area contributed by atoms with Crippen LogP contribution in [0.1, 0.15) is 33.8 Å². The van der Waals surface area contributed by atoms with Crippen LogP contribution in [0.4, 0.5) is 5.69 Å². The van der Waals surface area contributed by atoms with Gasteiger partial charge in [-0.05, 0) is 30.0 Å². The highest BCUT2D eigenvalue weighted by atomic mass is 35.5. The number of anilines is 1. The standard InChI is InChI=1S/C20H16ClNO3/c21-12-9-15-13-7-4-8-14(13)18(20(24)25)22-17(15)16(10-12)19(23)11-5-2-1-3-6-11/h1-7,9-10,13-14,18,22H,8H2,(H,24,25)/p-1/t13-,14+,18-/m0/s1. The van der Waals surface area contributed by atoms with Crippen LogP contribution in [0.2, 0.25) is 5.02 Å². The van der Waals surface area contributed by atoms with E-state index < -0.39 is 12.0 Å². The number of halogens is 1. The Labute approximate surface area is 150 Å². The van der Waals surface area contributed by atoms with Crippen LogP contribution in [-0.2, 0) is 4.79 Å². The Hall–Kier alpha value is -2.59. The molecule has 2 aromatic rings. The fourth-order valence-electron chi connectivity index (χ4n) is 3.82. The molecule has 126 valence electrons. The summed E-state index contributed by atoms with van der Waals surface area (Å²) in [5.41, 5.74) is 2.32. The summed E-state index contributed by atoms with van der Waals surface area (Å²) in [6.07, 6.45) is 4.62. The largest absolute Gasteiger partial charge is 0.548 e. The Morgan fingerprint density at radius 1 is 1.16 bits per heavy atom. The monoisotopic (exact) mass is 352 g/mol. The lowest BCUT2D eigenvalue weighted by molar-refractivity contribution is -0.308. The zero-order chi connectivity index (χ0) is 17.6. The molecule has 0 unspecified atom stereocenters. The molecule has 0 bridgehead atoms. The third-order valence-electron chi connectivity index (χ3n) is 4.97. The Kier molecular flexibility index (Phi) is 3.85. The summed E-state index contributed by atoms with van der Waals surface area (Å²) in [6.45, 7) is 0. The van der Waals surface area contributed by atoms with Gasteiger partial charge in [-0.25, -0.2) is 0 Å². The van der Waals surface area contributed by atoms with Crippen molar-refractivity contribution in [3.8, 4) is 0 Å². The van der Waals surface area contributed by atoms with Crippen LogP contribution in [0.25, 0.3) is 0 Å². The van der Waals surface area contributed by atoms with Gasteiger partial charge >= 0.3 is 0 Å². The minimum Gasteiger partial charge on any atom is -0.548 e. The molecule has 1 heterocycles. The predicted molar refractivity (Wildman–Crippen MR) is 93.7 cm³/mol. The molecular weight excluding hydrogens is 338 g/mol. The van der Waals surface area contributed by atoms with Gasteiger partial charge in [0.1, 0.15) is 0 Å². The number of carboxylic acid groups (broad SMARTS) is 1. The van der Waals surface area contributed by atoms with Gasteiger partial charge in [-0.3, -0.25) is 4.79 Å². The van der Waals surface area contributed by atoms with Gasteiger partial charge in [-0.15, -0.1) is 0 Å². The minimum atomic E-state index is -1.16. The molecule has 4 rings (SSSR count). The maximum Gasteiger partial charge on any atom is 0.195 e. The molecule has 0 aromatic heterocycles. The van der Waals surface area contributed by atoms with Crippen molar-refractivity contribution < 1.29 is 14.7 Å². The lowest BCUT2D eigenvalue weighted by atomic mass is 9.78. The molecule has 0 saturated carbocycles. The molecule has 0 saturated heterocycles. The van der Waals surface area contributed by atoms with Crippen molar-refractivity contribution in [2.75, 3.05) is 5.32 Å². The van der Waals surface area contributed by atoms with E-state index in [1.165, 1.54) is 0 Å². The summed E-state index contributed by atoms with van der Waals surface area (Å²) in [6, 6.07) is 11.4. The van der Waals surface area contributed by atoms with E-state index in [0.29, 0.717) is 28.3 Å². The highest BCUT2D eigenvalue weighted by Gasteiger charge is 2.39. The molecule has 0 spiro atoms. The number of carbonyl (C=O) groups excluding carboxylic acids is 2. The SMILES string of the molecule is O=C(c1ccccc1)c1cc(Cl)cc2c1N[C@H](C(=O)[O-])[C@@H]1CC=C[C@H]21. The fraction of sp³-hybridized carbons (Fsp3) is 0.200. The fourth-order valence-corrected chi connectivity index (χ4v) is 4.05. The maximum absolute atomic E-state index is 13.0. The van der Waals surface area contributed by atoms with Gasteiger partial charge in [0.15, 0.2) is 5.78 Å². The number of aliphatic carboxylic acids is 1. The first-order chi connectivity index (χ1) is 12.1. The van der Waals surface area contributed by atoms with Crippen molar-refractivity contribution in [2.45, 2.75) is 18.4 Å². The first kappa shape index (κ1) is 15.9. The van der Waals surface area contributed by atoms with Gasteiger partial charge in [-0.2, -0.15) is 0 Å². The number of nitrogens with one attached hydrogen (secondary N) is 1. The minimum absolute atomic E-state index is 0.0832. The number of allylic oxidation sites excluding steroid dienone is 2. The van der Waals surface area contributed by atoms with Gasteiger partial charge in [-0.1, -0.05) is 54.1 Å². The summed E-state index contributed by atoms with van der Waals surface area (Å²) >= 11 is 6.27. The smallest absolute Gasteiger partial charge is 0.195 e. The predicted octanol–water partition coefficient (Wildman–Crippen LogP) is 2.77. The number of carbonyl (C=O) groups is 2. The van der Waals surface area contributed by atoms with Gasteiger partial charge in [0.2, 0.25) is 0 Å². The molecule has 3 atom stereocenters. The number of hydrogen-bond acceptors (Lipinski definition) is 4. The number of ketones is 1. The summed E-state index contributed by atoms with van der Waals surface area (Å²) < 4.78 is 0. The first-order valence-electron chi connectivity index (χ1n) is 8.13. The highest BCUT2D eigenvalue weighted by Crippen LogP contribution is 2.46. The Bertz CT molecular complexity index is 891. The van der Waals surface area contributed by atoms with E-state index >= 15 is 0 Å². The lowest BCUT2D eigenvalue weighted by Crippen LogP contribution is -2.49. The number of carboxylic acids is 1. The number of hydrogen-bond donors (Lipinski definition) is 1. The average Bonchev–Trinajstić information content (AvgIpc) is 3.10. The van der Waals surface area contributed by atoms with Crippen LogP contribution >= 0.6 is 11.6 Å². The first-order valence-corrected chi connectivity index (χ1v) is 8.51. The van der Waals surface area contributed by atoms with Crippen LogP contribution in [0.3, 0.4) is 0 Å².